The molecule has 1 atom stereocenters. The van der Waals surface area contributed by atoms with Crippen LogP contribution in [0.3, 0.4) is 0 Å². The third kappa shape index (κ3) is 5.28. The number of benzene rings is 3. The van der Waals surface area contributed by atoms with E-state index < -0.39 is 12.0 Å². The number of methoxy groups -OCH3 is 4. The van der Waals surface area contributed by atoms with Crippen molar-refractivity contribution in [3.8, 4) is 23.0 Å². The van der Waals surface area contributed by atoms with Gasteiger partial charge in [-0.3, -0.25) is 9.36 Å². The summed E-state index contributed by atoms with van der Waals surface area (Å²) in [7, 11) is 6.20. The van der Waals surface area contributed by atoms with Crippen LogP contribution in [0, 0.1) is 0 Å². The van der Waals surface area contributed by atoms with Gasteiger partial charge in [-0.1, -0.05) is 53.8 Å². The Kier molecular flexibility index (Phi) is 8.44. The molecular formula is C32H30N2O7S. The fourth-order valence-electron chi connectivity index (χ4n) is 4.87. The minimum absolute atomic E-state index is 0.160. The lowest BCUT2D eigenvalue weighted by Crippen LogP contribution is -2.40. The van der Waals surface area contributed by atoms with Crippen molar-refractivity contribution in [3.05, 3.63) is 109 Å². The first-order valence-corrected chi connectivity index (χ1v) is 14.0. The minimum Gasteiger partial charge on any atom is -0.493 e. The number of carbonyl (C=O) groups is 1. The van der Waals surface area contributed by atoms with Crippen LogP contribution in [0.1, 0.15) is 29.7 Å². The van der Waals surface area contributed by atoms with Gasteiger partial charge in [0.1, 0.15) is 0 Å². The van der Waals surface area contributed by atoms with Gasteiger partial charge >= 0.3 is 5.97 Å². The summed E-state index contributed by atoms with van der Waals surface area (Å²) in [5.74, 6) is 1.54. The molecule has 42 heavy (non-hydrogen) atoms. The Labute approximate surface area is 246 Å². The highest BCUT2D eigenvalue weighted by molar-refractivity contribution is 7.07. The van der Waals surface area contributed by atoms with E-state index in [2.05, 4.69) is 0 Å². The van der Waals surface area contributed by atoms with Crippen LogP contribution in [0.15, 0.2) is 82.1 Å². The third-order valence-electron chi connectivity index (χ3n) is 6.80. The molecular weight excluding hydrogens is 556 g/mol. The molecule has 9 nitrogen and oxygen atoms in total. The number of aromatic nitrogens is 1. The second kappa shape index (κ2) is 12.4. The summed E-state index contributed by atoms with van der Waals surface area (Å²) in [5.41, 5.74) is 2.49. The Morgan fingerprint density at radius 2 is 1.52 bits per heavy atom. The van der Waals surface area contributed by atoms with Gasteiger partial charge in [-0.05, 0) is 48.4 Å². The zero-order chi connectivity index (χ0) is 29.8. The monoisotopic (exact) mass is 586 g/mol. The van der Waals surface area contributed by atoms with Crippen LogP contribution in [-0.2, 0) is 9.53 Å². The molecule has 0 N–H and O–H groups in total. The van der Waals surface area contributed by atoms with Gasteiger partial charge in [-0.25, -0.2) is 9.79 Å². The van der Waals surface area contributed by atoms with E-state index in [1.54, 1.807) is 58.6 Å². The van der Waals surface area contributed by atoms with Crippen molar-refractivity contribution in [1.29, 1.82) is 0 Å². The van der Waals surface area contributed by atoms with Gasteiger partial charge < -0.3 is 23.7 Å². The van der Waals surface area contributed by atoms with E-state index in [9.17, 15) is 9.59 Å². The van der Waals surface area contributed by atoms with E-state index in [0.717, 1.165) is 11.1 Å². The molecule has 1 aliphatic heterocycles. The Balaban J connectivity index is 1.82. The molecule has 3 aromatic carbocycles. The molecule has 0 unspecified atom stereocenters. The van der Waals surface area contributed by atoms with Crippen molar-refractivity contribution in [3.63, 3.8) is 0 Å². The van der Waals surface area contributed by atoms with Crippen LogP contribution >= 0.6 is 11.3 Å². The number of hydrogen-bond acceptors (Lipinski definition) is 9. The number of hydrogen-bond donors (Lipinski definition) is 0. The highest BCUT2D eigenvalue weighted by atomic mass is 32.1. The molecule has 0 spiro atoms. The van der Waals surface area contributed by atoms with Gasteiger partial charge in [0.05, 0.1) is 56.9 Å². The number of thiazole rings is 1. The van der Waals surface area contributed by atoms with Gasteiger partial charge in [-0.15, -0.1) is 0 Å². The summed E-state index contributed by atoms with van der Waals surface area (Å²) in [6, 6.07) is 19.3. The number of carbonyl (C=O) groups excluding carboxylic acids is 1. The van der Waals surface area contributed by atoms with Gasteiger partial charge in [0.15, 0.2) is 27.8 Å². The topological polar surface area (TPSA) is 97.6 Å². The van der Waals surface area contributed by atoms with E-state index in [0.29, 0.717) is 43.6 Å². The Hall–Kier alpha value is -4.83. The van der Waals surface area contributed by atoms with Crippen LogP contribution in [0.5, 0.6) is 23.0 Å². The zero-order valence-corrected chi connectivity index (χ0v) is 24.7. The average molecular weight is 587 g/mol. The van der Waals surface area contributed by atoms with Crippen LogP contribution in [0.2, 0.25) is 0 Å². The first-order valence-electron chi connectivity index (χ1n) is 13.2. The molecule has 0 fully saturated rings. The highest BCUT2D eigenvalue weighted by Crippen LogP contribution is 2.38. The van der Waals surface area contributed by atoms with Crippen molar-refractivity contribution in [2.24, 2.45) is 4.99 Å². The number of nitrogens with zero attached hydrogens (tertiary/aromatic N) is 2. The van der Waals surface area contributed by atoms with E-state index >= 15 is 0 Å². The zero-order valence-electron chi connectivity index (χ0n) is 23.9. The number of ether oxygens (including phenoxy) is 5. The normalized spacial score (nSPS) is 14.6. The predicted molar refractivity (Wildman–Crippen MR) is 160 cm³/mol. The first kappa shape index (κ1) is 28.7. The number of fused-ring (bicyclic) bond motifs is 1. The van der Waals surface area contributed by atoms with Crippen LogP contribution in [0.25, 0.3) is 11.8 Å². The molecule has 0 saturated carbocycles. The van der Waals surface area contributed by atoms with Crippen molar-refractivity contribution in [1.82, 2.24) is 4.57 Å². The Bertz CT molecular complexity index is 1840. The smallest absolute Gasteiger partial charge is 0.338 e. The summed E-state index contributed by atoms with van der Waals surface area (Å²) in [5, 5.41) is 0. The van der Waals surface area contributed by atoms with Crippen molar-refractivity contribution >= 4 is 29.1 Å². The lowest BCUT2D eigenvalue weighted by Gasteiger charge is -2.26. The van der Waals surface area contributed by atoms with Gasteiger partial charge in [-0.2, -0.15) is 0 Å². The SMILES string of the molecule is CCOC(=O)C1=C(c2ccccc2)N=c2s/c(=C\c3ccc(OC)c(OC)c3)c(=O)n2[C@@H]1c1ccc(OC)c(OC)c1. The van der Waals surface area contributed by atoms with Crippen molar-refractivity contribution in [2.45, 2.75) is 13.0 Å². The molecule has 0 bridgehead atoms. The molecule has 216 valence electrons. The van der Waals surface area contributed by atoms with Crippen molar-refractivity contribution in [2.75, 3.05) is 35.0 Å². The molecule has 0 aliphatic carbocycles. The van der Waals surface area contributed by atoms with E-state index in [1.165, 1.54) is 23.0 Å². The second-order valence-corrected chi connectivity index (χ2v) is 10.2. The molecule has 2 heterocycles. The van der Waals surface area contributed by atoms with Crippen LogP contribution in [-0.4, -0.2) is 45.6 Å². The maximum atomic E-state index is 14.1. The van der Waals surface area contributed by atoms with Gasteiger partial charge in [0.25, 0.3) is 5.56 Å². The lowest BCUT2D eigenvalue weighted by molar-refractivity contribution is -0.138. The lowest BCUT2D eigenvalue weighted by atomic mass is 9.93. The summed E-state index contributed by atoms with van der Waals surface area (Å²) < 4.78 is 29.3. The second-order valence-electron chi connectivity index (χ2n) is 9.16. The maximum Gasteiger partial charge on any atom is 0.338 e. The maximum absolute atomic E-state index is 14.1. The van der Waals surface area contributed by atoms with Crippen LogP contribution < -0.4 is 33.8 Å². The summed E-state index contributed by atoms with van der Waals surface area (Å²) >= 11 is 1.24. The molecule has 0 radical (unpaired) electrons. The predicted octanol–water partition coefficient (Wildman–Crippen LogP) is 3.97. The van der Waals surface area contributed by atoms with E-state index in [4.69, 9.17) is 28.7 Å². The minimum atomic E-state index is -0.845. The number of rotatable bonds is 9. The first-order chi connectivity index (χ1) is 20.4. The fourth-order valence-corrected chi connectivity index (χ4v) is 5.87. The number of esters is 1. The van der Waals surface area contributed by atoms with Gasteiger partial charge in [0.2, 0.25) is 0 Å². The molecule has 0 saturated heterocycles. The molecule has 4 aromatic rings. The fraction of sp³-hybridized carbons (Fsp3) is 0.219. The molecule has 5 rings (SSSR count). The van der Waals surface area contributed by atoms with Gasteiger partial charge in [0, 0.05) is 5.56 Å². The largest absolute Gasteiger partial charge is 0.493 e. The van der Waals surface area contributed by atoms with Crippen molar-refractivity contribution < 1.29 is 28.5 Å². The van der Waals surface area contributed by atoms with E-state index in [-0.39, 0.29) is 17.7 Å². The molecule has 0 amide bonds. The Morgan fingerprint density at radius 1 is 0.881 bits per heavy atom. The summed E-state index contributed by atoms with van der Waals surface area (Å²) in [4.78, 5) is 33.1. The third-order valence-corrected chi connectivity index (χ3v) is 7.79. The molecule has 1 aliphatic rings. The molecule has 10 heteroatoms. The average Bonchev–Trinajstić information content (AvgIpc) is 3.34. The highest BCUT2D eigenvalue weighted by Gasteiger charge is 2.35. The molecule has 1 aromatic heterocycles. The van der Waals surface area contributed by atoms with E-state index in [1.807, 2.05) is 42.5 Å². The quantitative estimate of drug-likeness (QED) is 0.274. The van der Waals surface area contributed by atoms with Crippen LogP contribution in [0.4, 0.5) is 0 Å². The Morgan fingerprint density at radius 3 is 2.17 bits per heavy atom. The summed E-state index contributed by atoms with van der Waals surface area (Å²) in [6.45, 7) is 1.90. The summed E-state index contributed by atoms with van der Waals surface area (Å²) in [6.07, 6.45) is 1.77. The standard InChI is InChI=1S/C32H30N2O7S/c1-6-41-31(36)27-28(20-10-8-7-9-11-20)33-32-34(29(27)21-13-15-23(38-3)25(18-21)40-5)30(35)26(42-32)17-19-12-14-22(37-2)24(16-19)39-4/h7-18,29H,6H2,1-5H3/b26-17-/t29-/m1/s1.